The summed E-state index contributed by atoms with van der Waals surface area (Å²) in [4.78, 5) is 0. The molecular formula is C12H17BrO4. The van der Waals surface area contributed by atoms with E-state index in [2.05, 4.69) is 15.9 Å². The van der Waals surface area contributed by atoms with E-state index in [4.69, 9.17) is 9.84 Å². The molecule has 2 unspecified atom stereocenters. The van der Waals surface area contributed by atoms with Crippen LogP contribution < -0.4 is 4.74 Å². The first kappa shape index (κ1) is 14.4. The van der Waals surface area contributed by atoms with E-state index in [9.17, 15) is 10.2 Å². The lowest BCUT2D eigenvalue weighted by atomic mass is 9.99. The number of aliphatic hydroxyl groups excluding tert-OH is 3. The van der Waals surface area contributed by atoms with Gasteiger partial charge in [-0.05, 0) is 24.1 Å². The van der Waals surface area contributed by atoms with E-state index in [1.54, 1.807) is 18.2 Å². The van der Waals surface area contributed by atoms with E-state index in [-0.39, 0.29) is 6.61 Å². The van der Waals surface area contributed by atoms with Crippen molar-refractivity contribution in [3.8, 4) is 5.75 Å². The van der Waals surface area contributed by atoms with Crippen molar-refractivity contribution in [3.63, 3.8) is 0 Å². The highest BCUT2D eigenvalue weighted by molar-refractivity contribution is 9.09. The van der Waals surface area contributed by atoms with Crippen LogP contribution in [0.5, 0.6) is 5.75 Å². The van der Waals surface area contributed by atoms with Gasteiger partial charge in [-0.15, -0.1) is 0 Å². The van der Waals surface area contributed by atoms with Crippen LogP contribution in [-0.4, -0.2) is 33.9 Å². The minimum absolute atomic E-state index is 0.113. The Hall–Kier alpha value is -0.620. The van der Waals surface area contributed by atoms with Gasteiger partial charge in [0.25, 0.3) is 0 Å². The molecule has 0 fully saturated rings. The van der Waals surface area contributed by atoms with Crippen LogP contribution in [0.4, 0.5) is 0 Å². The average molecular weight is 305 g/mol. The van der Waals surface area contributed by atoms with Gasteiger partial charge in [-0.1, -0.05) is 22.0 Å². The summed E-state index contributed by atoms with van der Waals surface area (Å²) in [6.45, 7) is -0.113. The van der Waals surface area contributed by atoms with Gasteiger partial charge in [0.1, 0.15) is 11.9 Å². The predicted molar refractivity (Wildman–Crippen MR) is 68.3 cm³/mol. The van der Waals surface area contributed by atoms with Crippen molar-refractivity contribution in [3.05, 3.63) is 29.3 Å². The molecule has 0 saturated carbocycles. The lowest BCUT2D eigenvalue weighted by molar-refractivity contribution is 0.0159. The molecule has 1 aromatic rings. The molecule has 4 nitrogen and oxygen atoms in total. The molecule has 0 aliphatic heterocycles. The number of hydrogen-bond donors (Lipinski definition) is 3. The number of hydrogen-bond acceptors (Lipinski definition) is 4. The average Bonchev–Trinajstić information content (AvgIpc) is 2.37. The van der Waals surface area contributed by atoms with Gasteiger partial charge in [-0.3, -0.25) is 0 Å². The third kappa shape index (κ3) is 3.67. The van der Waals surface area contributed by atoms with E-state index in [1.807, 2.05) is 0 Å². The zero-order chi connectivity index (χ0) is 12.8. The van der Waals surface area contributed by atoms with Crippen LogP contribution in [0.1, 0.15) is 23.7 Å². The summed E-state index contributed by atoms with van der Waals surface area (Å²) in [5.74, 6) is 0.503. The molecule has 0 amide bonds. The lowest BCUT2D eigenvalue weighted by Crippen LogP contribution is -2.19. The molecule has 1 aromatic carbocycles. The van der Waals surface area contributed by atoms with Gasteiger partial charge in [-0.25, -0.2) is 0 Å². The molecule has 3 N–H and O–H groups in total. The van der Waals surface area contributed by atoms with Crippen molar-refractivity contribution in [2.24, 2.45) is 0 Å². The molecule has 5 heteroatoms. The monoisotopic (exact) mass is 304 g/mol. The fourth-order valence-electron chi connectivity index (χ4n) is 1.59. The van der Waals surface area contributed by atoms with E-state index in [1.165, 1.54) is 7.11 Å². The Bertz CT molecular complexity index is 356. The van der Waals surface area contributed by atoms with Crippen molar-refractivity contribution in [1.29, 1.82) is 0 Å². The molecule has 0 aliphatic rings. The second kappa shape index (κ2) is 6.96. The minimum Gasteiger partial charge on any atom is -0.496 e. The summed E-state index contributed by atoms with van der Waals surface area (Å²) in [6, 6.07) is 5.03. The molecule has 2 atom stereocenters. The Morgan fingerprint density at radius 1 is 1.35 bits per heavy atom. The molecular weight excluding hydrogens is 288 g/mol. The maximum Gasteiger partial charge on any atom is 0.124 e. The molecule has 0 aromatic heterocycles. The standard InChI is InChI=1S/C12H17BrO4/c1-17-11-3-2-8(7-14)6-9(11)12(16)10(15)4-5-13/h2-3,6,10,12,14-16H,4-5,7H2,1H3. The Balaban J connectivity index is 3.00. The summed E-state index contributed by atoms with van der Waals surface area (Å²) in [5.41, 5.74) is 1.17. The molecule has 0 aliphatic carbocycles. The number of alkyl halides is 1. The van der Waals surface area contributed by atoms with Gasteiger partial charge in [0.2, 0.25) is 0 Å². The van der Waals surface area contributed by atoms with Crippen LogP contribution in [0.3, 0.4) is 0 Å². The third-order valence-corrected chi connectivity index (χ3v) is 3.02. The minimum atomic E-state index is -1.02. The number of methoxy groups -OCH3 is 1. The number of aliphatic hydroxyl groups is 3. The van der Waals surface area contributed by atoms with Crippen molar-refractivity contribution in [2.75, 3.05) is 12.4 Å². The second-order valence-electron chi connectivity index (χ2n) is 3.72. The second-order valence-corrected chi connectivity index (χ2v) is 4.52. The number of halogens is 1. The summed E-state index contributed by atoms with van der Waals surface area (Å²) >= 11 is 3.21. The zero-order valence-corrected chi connectivity index (χ0v) is 11.2. The van der Waals surface area contributed by atoms with Gasteiger partial charge in [0.15, 0.2) is 0 Å². The first-order valence-electron chi connectivity index (χ1n) is 5.33. The van der Waals surface area contributed by atoms with Crippen LogP contribution in [-0.2, 0) is 6.61 Å². The maximum atomic E-state index is 10.0. The molecule has 0 radical (unpaired) electrons. The van der Waals surface area contributed by atoms with Gasteiger partial charge in [0, 0.05) is 10.9 Å². The fourth-order valence-corrected chi connectivity index (χ4v) is 2.06. The molecule has 0 heterocycles. The fraction of sp³-hybridized carbons (Fsp3) is 0.500. The number of rotatable bonds is 6. The van der Waals surface area contributed by atoms with Crippen LogP contribution in [0.25, 0.3) is 0 Å². The van der Waals surface area contributed by atoms with E-state index >= 15 is 0 Å². The van der Waals surface area contributed by atoms with E-state index in [0.29, 0.717) is 28.6 Å². The number of ether oxygens (including phenoxy) is 1. The first-order chi connectivity index (χ1) is 8.13. The summed E-state index contributed by atoms with van der Waals surface area (Å²) in [6.07, 6.45) is -1.44. The quantitative estimate of drug-likeness (QED) is 0.694. The van der Waals surface area contributed by atoms with Crippen molar-refractivity contribution < 1.29 is 20.1 Å². The predicted octanol–water partition coefficient (Wildman–Crippen LogP) is 1.37. The molecule has 96 valence electrons. The highest BCUT2D eigenvalue weighted by Crippen LogP contribution is 2.29. The zero-order valence-electron chi connectivity index (χ0n) is 9.64. The molecule has 17 heavy (non-hydrogen) atoms. The van der Waals surface area contributed by atoms with Crippen molar-refractivity contribution >= 4 is 15.9 Å². The highest BCUT2D eigenvalue weighted by atomic mass is 79.9. The number of benzene rings is 1. The Morgan fingerprint density at radius 2 is 2.06 bits per heavy atom. The third-order valence-electron chi connectivity index (χ3n) is 2.56. The Kier molecular flexibility index (Phi) is 5.91. The molecule has 0 spiro atoms. The van der Waals surface area contributed by atoms with Gasteiger partial charge in [-0.2, -0.15) is 0 Å². The van der Waals surface area contributed by atoms with Crippen molar-refractivity contribution in [2.45, 2.75) is 25.2 Å². The summed E-state index contributed by atoms with van der Waals surface area (Å²) < 4.78 is 5.13. The molecule has 0 saturated heterocycles. The van der Waals surface area contributed by atoms with Crippen LogP contribution in [0.2, 0.25) is 0 Å². The SMILES string of the molecule is COc1ccc(CO)cc1C(O)C(O)CCBr. The van der Waals surface area contributed by atoms with Gasteiger partial charge >= 0.3 is 0 Å². The van der Waals surface area contributed by atoms with Crippen LogP contribution in [0.15, 0.2) is 18.2 Å². The summed E-state index contributed by atoms with van der Waals surface area (Å²) in [5, 5.41) is 29.4. The topological polar surface area (TPSA) is 69.9 Å². The molecule has 0 bridgehead atoms. The summed E-state index contributed by atoms with van der Waals surface area (Å²) in [7, 11) is 1.50. The normalized spacial score (nSPS) is 14.4. The largest absolute Gasteiger partial charge is 0.496 e. The smallest absolute Gasteiger partial charge is 0.124 e. The van der Waals surface area contributed by atoms with E-state index < -0.39 is 12.2 Å². The van der Waals surface area contributed by atoms with Crippen LogP contribution >= 0.6 is 15.9 Å². The van der Waals surface area contributed by atoms with Gasteiger partial charge < -0.3 is 20.1 Å². The molecule has 1 rings (SSSR count). The Morgan fingerprint density at radius 3 is 2.59 bits per heavy atom. The van der Waals surface area contributed by atoms with E-state index in [0.717, 1.165) is 0 Å². The Labute approximate surface area is 109 Å². The first-order valence-corrected chi connectivity index (χ1v) is 6.46. The lowest BCUT2D eigenvalue weighted by Gasteiger charge is -2.20. The van der Waals surface area contributed by atoms with Crippen molar-refractivity contribution in [1.82, 2.24) is 0 Å². The highest BCUT2D eigenvalue weighted by Gasteiger charge is 2.21. The maximum absolute atomic E-state index is 10.0. The van der Waals surface area contributed by atoms with Gasteiger partial charge in [0.05, 0.1) is 19.8 Å². The van der Waals surface area contributed by atoms with Crippen LogP contribution in [0, 0.1) is 0 Å².